The van der Waals surface area contributed by atoms with Gasteiger partial charge in [-0.1, -0.05) is 19.1 Å². The number of carbonyl (C=O) groups is 1. The topological polar surface area (TPSA) is 89.3 Å². The van der Waals surface area contributed by atoms with E-state index in [1.165, 1.54) is 12.2 Å². The van der Waals surface area contributed by atoms with Crippen molar-refractivity contribution in [3.8, 4) is 0 Å². The van der Waals surface area contributed by atoms with Crippen LogP contribution in [0.5, 0.6) is 0 Å². The highest BCUT2D eigenvalue weighted by Gasteiger charge is 2.10. The number of hydrogen-bond donors (Lipinski definition) is 2. The van der Waals surface area contributed by atoms with Crippen LogP contribution in [-0.2, 0) is 14.8 Å². The number of rotatable bonds is 5. The Labute approximate surface area is 107 Å². The van der Waals surface area contributed by atoms with Gasteiger partial charge in [-0.2, -0.15) is 0 Å². The highest BCUT2D eigenvalue weighted by molar-refractivity contribution is 7.90. The van der Waals surface area contributed by atoms with E-state index in [1.807, 2.05) is 4.72 Å². The molecule has 0 bridgehead atoms. The lowest BCUT2D eigenvalue weighted by molar-refractivity contribution is -0.114. The Balaban J connectivity index is 2.66. The molecule has 0 radical (unpaired) electrons. The van der Waals surface area contributed by atoms with E-state index in [4.69, 9.17) is 5.73 Å². The van der Waals surface area contributed by atoms with Gasteiger partial charge in [-0.05, 0) is 30.2 Å². The minimum Gasteiger partial charge on any atom is -0.399 e. The van der Waals surface area contributed by atoms with E-state index in [-0.39, 0.29) is 5.75 Å². The number of hydrogen-bond acceptors (Lipinski definition) is 4. The van der Waals surface area contributed by atoms with Crippen LogP contribution in [-0.4, -0.2) is 20.1 Å². The molecule has 0 aliphatic carbocycles. The Hall–Kier alpha value is -1.82. The fourth-order valence-electron chi connectivity index (χ4n) is 1.34. The molecular weight excluding hydrogens is 252 g/mol. The van der Waals surface area contributed by atoms with Crippen LogP contribution in [0.2, 0.25) is 0 Å². The average molecular weight is 268 g/mol. The molecule has 0 spiro atoms. The van der Waals surface area contributed by atoms with E-state index in [2.05, 4.69) is 0 Å². The van der Waals surface area contributed by atoms with E-state index >= 15 is 0 Å². The van der Waals surface area contributed by atoms with Crippen molar-refractivity contribution in [3.05, 3.63) is 35.9 Å². The standard InChI is InChI=1S/C12H16N2O3S/c1-2-8-18(16,17)14-12(15)7-6-10-4-3-5-11(13)9-10/h3-7,9H,2,8,13H2,1H3,(H,14,15)/b7-6+. The van der Waals surface area contributed by atoms with Gasteiger partial charge in [0.05, 0.1) is 5.75 Å². The van der Waals surface area contributed by atoms with Crippen LogP contribution in [0, 0.1) is 0 Å². The van der Waals surface area contributed by atoms with Gasteiger partial charge in [-0.15, -0.1) is 0 Å². The fraction of sp³-hybridized carbons (Fsp3) is 0.250. The predicted molar refractivity (Wildman–Crippen MR) is 72.1 cm³/mol. The molecule has 98 valence electrons. The molecule has 0 heterocycles. The Bertz CT molecular complexity index is 550. The van der Waals surface area contributed by atoms with Crippen molar-refractivity contribution in [3.63, 3.8) is 0 Å². The van der Waals surface area contributed by atoms with Gasteiger partial charge >= 0.3 is 0 Å². The van der Waals surface area contributed by atoms with Crippen LogP contribution in [0.3, 0.4) is 0 Å². The second kappa shape index (κ2) is 6.20. The highest BCUT2D eigenvalue weighted by Crippen LogP contribution is 2.07. The van der Waals surface area contributed by atoms with Crippen molar-refractivity contribution >= 4 is 27.7 Å². The fourth-order valence-corrected chi connectivity index (χ4v) is 2.36. The van der Waals surface area contributed by atoms with Crippen LogP contribution in [0.25, 0.3) is 6.08 Å². The van der Waals surface area contributed by atoms with Gasteiger partial charge < -0.3 is 5.73 Å². The van der Waals surface area contributed by atoms with E-state index in [1.54, 1.807) is 31.2 Å². The smallest absolute Gasteiger partial charge is 0.257 e. The van der Waals surface area contributed by atoms with Crippen LogP contribution in [0.15, 0.2) is 30.3 Å². The summed E-state index contributed by atoms with van der Waals surface area (Å²) in [5.41, 5.74) is 6.89. The molecule has 5 nitrogen and oxygen atoms in total. The number of anilines is 1. The molecule has 0 atom stereocenters. The maximum Gasteiger partial charge on any atom is 0.257 e. The summed E-state index contributed by atoms with van der Waals surface area (Å²) in [7, 11) is -3.52. The van der Waals surface area contributed by atoms with Crippen LogP contribution in [0.1, 0.15) is 18.9 Å². The van der Waals surface area contributed by atoms with Crippen LogP contribution in [0.4, 0.5) is 5.69 Å². The van der Waals surface area contributed by atoms with Crippen molar-refractivity contribution in [2.45, 2.75) is 13.3 Å². The zero-order valence-corrected chi connectivity index (χ0v) is 10.9. The number of benzene rings is 1. The zero-order chi connectivity index (χ0) is 13.6. The van der Waals surface area contributed by atoms with Gasteiger partial charge in [-0.25, -0.2) is 13.1 Å². The second-order valence-electron chi connectivity index (χ2n) is 3.79. The van der Waals surface area contributed by atoms with E-state index in [9.17, 15) is 13.2 Å². The first-order valence-electron chi connectivity index (χ1n) is 5.51. The summed E-state index contributed by atoms with van der Waals surface area (Å²) in [5, 5.41) is 0. The number of nitrogens with two attached hydrogens (primary N) is 1. The Morgan fingerprint density at radius 3 is 2.78 bits per heavy atom. The first-order chi connectivity index (χ1) is 8.43. The first kappa shape index (κ1) is 14.2. The first-order valence-corrected chi connectivity index (χ1v) is 7.16. The molecule has 0 saturated heterocycles. The van der Waals surface area contributed by atoms with Crippen LogP contribution >= 0.6 is 0 Å². The third kappa shape index (κ3) is 5.01. The van der Waals surface area contributed by atoms with E-state index < -0.39 is 15.9 Å². The molecule has 0 fully saturated rings. The zero-order valence-electron chi connectivity index (χ0n) is 10.1. The minimum atomic E-state index is -3.52. The molecule has 0 aromatic heterocycles. The lowest BCUT2D eigenvalue weighted by atomic mass is 10.2. The number of nitrogens with one attached hydrogen (secondary N) is 1. The SMILES string of the molecule is CCCS(=O)(=O)NC(=O)/C=C/c1cccc(N)c1. The Morgan fingerprint density at radius 1 is 1.44 bits per heavy atom. The second-order valence-corrected chi connectivity index (χ2v) is 5.63. The Morgan fingerprint density at radius 2 is 2.17 bits per heavy atom. The maximum atomic E-state index is 11.4. The molecule has 1 rings (SSSR count). The van der Waals surface area contributed by atoms with Gasteiger partial charge in [0.15, 0.2) is 0 Å². The molecule has 1 amide bonds. The molecular formula is C12H16N2O3S. The van der Waals surface area contributed by atoms with Gasteiger partial charge in [0.2, 0.25) is 10.0 Å². The van der Waals surface area contributed by atoms with Gasteiger partial charge in [0.1, 0.15) is 0 Å². The molecule has 0 aliphatic heterocycles. The summed E-state index contributed by atoms with van der Waals surface area (Å²) in [5.74, 6) is -0.726. The highest BCUT2D eigenvalue weighted by atomic mass is 32.2. The van der Waals surface area contributed by atoms with Crippen molar-refractivity contribution < 1.29 is 13.2 Å². The molecule has 18 heavy (non-hydrogen) atoms. The Kier molecular flexibility index (Phi) is 4.91. The third-order valence-electron chi connectivity index (χ3n) is 2.07. The molecule has 0 unspecified atom stereocenters. The van der Waals surface area contributed by atoms with Crippen molar-refractivity contribution in [1.82, 2.24) is 4.72 Å². The summed E-state index contributed by atoms with van der Waals surface area (Å²) < 4.78 is 24.6. The molecule has 1 aromatic rings. The van der Waals surface area contributed by atoms with E-state index in [0.717, 1.165) is 5.56 Å². The normalized spacial score (nSPS) is 11.6. The summed E-state index contributed by atoms with van der Waals surface area (Å²) >= 11 is 0. The largest absolute Gasteiger partial charge is 0.399 e. The molecule has 1 aromatic carbocycles. The summed E-state index contributed by atoms with van der Waals surface area (Å²) in [6.07, 6.45) is 3.14. The lowest BCUT2D eigenvalue weighted by Gasteiger charge is -2.02. The van der Waals surface area contributed by atoms with Crippen LogP contribution < -0.4 is 10.5 Å². The van der Waals surface area contributed by atoms with Crippen molar-refractivity contribution in [2.75, 3.05) is 11.5 Å². The lowest BCUT2D eigenvalue weighted by Crippen LogP contribution is -2.30. The predicted octanol–water partition coefficient (Wildman–Crippen LogP) is 1.14. The molecule has 6 heteroatoms. The summed E-state index contributed by atoms with van der Waals surface area (Å²) in [6.45, 7) is 1.73. The average Bonchev–Trinajstić information content (AvgIpc) is 2.25. The molecule has 0 saturated carbocycles. The van der Waals surface area contributed by atoms with Gasteiger partial charge in [-0.3, -0.25) is 4.79 Å². The molecule has 3 N–H and O–H groups in total. The van der Waals surface area contributed by atoms with Crippen molar-refractivity contribution in [2.24, 2.45) is 0 Å². The van der Waals surface area contributed by atoms with Gasteiger partial charge in [0, 0.05) is 11.8 Å². The molecule has 0 aliphatic rings. The van der Waals surface area contributed by atoms with Crippen molar-refractivity contribution in [1.29, 1.82) is 0 Å². The maximum absolute atomic E-state index is 11.4. The minimum absolute atomic E-state index is 0.0646. The number of amides is 1. The summed E-state index contributed by atoms with van der Waals surface area (Å²) in [4.78, 5) is 11.4. The van der Waals surface area contributed by atoms with E-state index in [0.29, 0.717) is 12.1 Å². The number of nitrogen functional groups attached to an aromatic ring is 1. The van der Waals surface area contributed by atoms with Gasteiger partial charge in [0.25, 0.3) is 5.91 Å². The monoisotopic (exact) mass is 268 g/mol. The number of sulfonamides is 1. The number of carbonyl (C=O) groups excluding carboxylic acids is 1. The summed E-state index contributed by atoms with van der Waals surface area (Å²) in [6, 6.07) is 6.93. The quantitative estimate of drug-likeness (QED) is 0.619. The third-order valence-corrected chi connectivity index (χ3v) is 3.52.